The number of benzene rings is 1. The predicted molar refractivity (Wildman–Crippen MR) is 56.6 cm³/mol. The van der Waals surface area contributed by atoms with E-state index in [2.05, 4.69) is 4.74 Å². The number of carbonyl (C=O) groups excluding carboxylic acids is 1. The SMILES string of the molecule is O=COCCCc1cccc(B(O)O)c1. The van der Waals surface area contributed by atoms with Crippen LogP contribution in [0.2, 0.25) is 0 Å². The van der Waals surface area contributed by atoms with Crippen LogP contribution in [0.3, 0.4) is 0 Å². The van der Waals surface area contributed by atoms with Crippen LogP contribution in [0.15, 0.2) is 24.3 Å². The molecule has 2 N–H and O–H groups in total. The number of rotatable bonds is 6. The molecule has 0 radical (unpaired) electrons. The van der Waals surface area contributed by atoms with Crippen molar-refractivity contribution in [3.8, 4) is 0 Å². The summed E-state index contributed by atoms with van der Waals surface area (Å²) < 4.78 is 4.55. The molecule has 0 atom stereocenters. The monoisotopic (exact) mass is 208 g/mol. The number of ether oxygens (including phenoxy) is 1. The van der Waals surface area contributed by atoms with Gasteiger partial charge in [0, 0.05) is 0 Å². The first-order chi connectivity index (χ1) is 7.24. The van der Waals surface area contributed by atoms with Crippen molar-refractivity contribution in [3.05, 3.63) is 29.8 Å². The molecule has 0 aliphatic carbocycles. The Kier molecular flexibility index (Phi) is 4.87. The van der Waals surface area contributed by atoms with Crippen LogP contribution >= 0.6 is 0 Å². The maximum Gasteiger partial charge on any atom is 0.488 e. The first-order valence-corrected chi connectivity index (χ1v) is 4.74. The van der Waals surface area contributed by atoms with E-state index >= 15 is 0 Å². The molecule has 0 aliphatic rings. The number of carbonyl (C=O) groups is 1. The van der Waals surface area contributed by atoms with Gasteiger partial charge in [-0.05, 0) is 23.9 Å². The van der Waals surface area contributed by atoms with Crippen LogP contribution in [0.1, 0.15) is 12.0 Å². The third kappa shape index (κ3) is 4.14. The molecule has 0 amide bonds. The quantitative estimate of drug-likeness (QED) is 0.374. The third-order valence-electron chi connectivity index (χ3n) is 2.04. The maximum atomic E-state index is 9.87. The molecule has 0 saturated heterocycles. The lowest BCUT2D eigenvalue weighted by Gasteiger charge is -2.04. The molecule has 4 nitrogen and oxygen atoms in total. The smallest absolute Gasteiger partial charge is 0.468 e. The highest BCUT2D eigenvalue weighted by atomic mass is 16.5. The Morgan fingerprint density at radius 3 is 2.87 bits per heavy atom. The van der Waals surface area contributed by atoms with Crippen molar-refractivity contribution in [2.75, 3.05) is 6.61 Å². The number of aryl methyl sites for hydroxylation is 1. The topological polar surface area (TPSA) is 66.8 Å². The van der Waals surface area contributed by atoms with Crippen molar-refractivity contribution in [1.29, 1.82) is 0 Å². The summed E-state index contributed by atoms with van der Waals surface area (Å²) in [5, 5.41) is 17.9. The summed E-state index contributed by atoms with van der Waals surface area (Å²) >= 11 is 0. The van der Waals surface area contributed by atoms with Crippen molar-refractivity contribution in [1.82, 2.24) is 0 Å². The van der Waals surface area contributed by atoms with E-state index in [1.54, 1.807) is 18.2 Å². The summed E-state index contributed by atoms with van der Waals surface area (Å²) in [7, 11) is -1.43. The molecule has 0 aromatic heterocycles. The van der Waals surface area contributed by atoms with Gasteiger partial charge >= 0.3 is 7.12 Å². The zero-order valence-electron chi connectivity index (χ0n) is 8.30. The Balaban J connectivity index is 2.46. The molecule has 80 valence electrons. The zero-order valence-corrected chi connectivity index (χ0v) is 8.30. The van der Waals surface area contributed by atoms with Crippen molar-refractivity contribution in [3.63, 3.8) is 0 Å². The molecule has 0 aliphatic heterocycles. The molecule has 0 unspecified atom stereocenters. The van der Waals surface area contributed by atoms with Crippen LogP contribution in [0, 0.1) is 0 Å². The van der Waals surface area contributed by atoms with E-state index in [1.807, 2.05) is 6.07 Å². The summed E-state index contributed by atoms with van der Waals surface area (Å²) in [6.45, 7) is 0.809. The molecule has 1 aromatic rings. The van der Waals surface area contributed by atoms with Crippen LogP contribution < -0.4 is 5.46 Å². The molecule has 1 rings (SSSR count). The van der Waals surface area contributed by atoms with Gasteiger partial charge in [0.2, 0.25) is 0 Å². The standard InChI is InChI=1S/C10H13BO4/c12-8-15-6-2-4-9-3-1-5-10(7-9)11(13)14/h1,3,5,7-8,13-14H,2,4,6H2. The Morgan fingerprint density at radius 2 is 2.20 bits per heavy atom. The predicted octanol–water partition coefficient (Wildman–Crippen LogP) is -0.528. The van der Waals surface area contributed by atoms with Gasteiger partial charge in [-0.3, -0.25) is 4.79 Å². The first kappa shape index (κ1) is 11.7. The van der Waals surface area contributed by atoms with E-state index in [0.29, 0.717) is 18.5 Å². The Bertz CT molecular complexity index is 314. The van der Waals surface area contributed by atoms with Gasteiger partial charge in [-0.1, -0.05) is 24.3 Å². The molecular weight excluding hydrogens is 195 g/mol. The molecule has 0 fully saturated rings. The lowest BCUT2D eigenvalue weighted by molar-refractivity contribution is -0.128. The van der Waals surface area contributed by atoms with E-state index in [4.69, 9.17) is 10.0 Å². The number of hydrogen-bond donors (Lipinski definition) is 2. The Hall–Kier alpha value is -1.33. The normalized spacial score (nSPS) is 9.73. The van der Waals surface area contributed by atoms with Gasteiger partial charge in [-0.15, -0.1) is 0 Å². The van der Waals surface area contributed by atoms with Gasteiger partial charge < -0.3 is 14.8 Å². The van der Waals surface area contributed by atoms with Gasteiger partial charge in [0.1, 0.15) is 0 Å². The van der Waals surface area contributed by atoms with Crippen molar-refractivity contribution < 1.29 is 19.6 Å². The highest BCUT2D eigenvalue weighted by molar-refractivity contribution is 6.58. The van der Waals surface area contributed by atoms with Gasteiger partial charge in [-0.25, -0.2) is 0 Å². The summed E-state index contributed by atoms with van der Waals surface area (Å²) in [5.41, 5.74) is 1.47. The minimum Gasteiger partial charge on any atom is -0.468 e. The van der Waals surface area contributed by atoms with E-state index < -0.39 is 7.12 Å². The van der Waals surface area contributed by atoms with E-state index in [1.165, 1.54) is 0 Å². The van der Waals surface area contributed by atoms with Gasteiger partial charge in [0.25, 0.3) is 6.47 Å². The first-order valence-electron chi connectivity index (χ1n) is 4.74. The summed E-state index contributed by atoms with van der Waals surface area (Å²) in [6.07, 6.45) is 1.47. The average Bonchev–Trinajstić information content (AvgIpc) is 2.25. The second kappa shape index (κ2) is 6.21. The molecular formula is C10H13BO4. The van der Waals surface area contributed by atoms with E-state index in [0.717, 1.165) is 18.4 Å². The molecule has 15 heavy (non-hydrogen) atoms. The molecule has 0 spiro atoms. The van der Waals surface area contributed by atoms with Crippen molar-refractivity contribution in [2.45, 2.75) is 12.8 Å². The fourth-order valence-electron chi connectivity index (χ4n) is 1.32. The molecule has 1 aromatic carbocycles. The molecule has 0 saturated carbocycles. The lowest BCUT2D eigenvalue weighted by atomic mass is 9.79. The van der Waals surface area contributed by atoms with E-state index in [9.17, 15) is 4.79 Å². The molecule has 0 bridgehead atoms. The summed E-state index contributed by atoms with van der Waals surface area (Å²) in [4.78, 5) is 9.87. The number of hydrogen-bond acceptors (Lipinski definition) is 4. The lowest BCUT2D eigenvalue weighted by Crippen LogP contribution is -2.29. The second-order valence-electron chi connectivity index (χ2n) is 3.19. The fourth-order valence-corrected chi connectivity index (χ4v) is 1.32. The third-order valence-corrected chi connectivity index (χ3v) is 2.04. The molecule has 5 heteroatoms. The van der Waals surface area contributed by atoms with Crippen LogP contribution in [0.5, 0.6) is 0 Å². The highest BCUT2D eigenvalue weighted by Crippen LogP contribution is 2.01. The van der Waals surface area contributed by atoms with Crippen LogP contribution in [-0.2, 0) is 16.0 Å². The largest absolute Gasteiger partial charge is 0.488 e. The van der Waals surface area contributed by atoms with Gasteiger partial charge in [0.05, 0.1) is 6.61 Å². The summed E-state index contributed by atoms with van der Waals surface area (Å²) in [5.74, 6) is 0. The maximum absolute atomic E-state index is 9.87. The average molecular weight is 208 g/mol. The molecule has 0 heterocycles. The minimum atomic E-state index is -1.43. The van der Waals surface area contributed by atoms with Gasteiger partial charge in [0.15, 0.2) is 0 Å². The fraction of sp³-hybridized carbons (Fsp3) is 0.300. The van der Waals surface area contributed by atoms with E-state index in [-0.39, 0.29) is 0 Å². The van der Waals surface area contributed by atoms with Gasteiger partial charge in [-0.2, -0.15) is 0 Å². The van der Waals surface area contributed by atoms with Crippen molar-refractivity contribution >= 4 is 19.1 Å². The Labute approximate surface area is 88.6 Å². The minimum absolute atomic E-state index is 0.384. The van der Waals surface area contributed by atoms with Crippen LogP contribution in [0.4, 0.5) is 0 Å². The van der Waals surface area contributed by atoms with Crippen molar-refractivity contribution in [2.24, 2.45) is 0 Å². The highest BCUT2D eigenvalue weighted by Gasteiger charge is 2.10. The summed E-state index contributed by atoms with van der Waals surface area (Å²) in [6, 6.07) is 7.04. The Morgan fingerprint density at radius 1 is 1.40 bits per heavy atom. The van der Waals surface area contributed by atoms with Crippen LogP contribution in [-0.4, -0.2) is 30.2 Å². The van der Waals surface area contributed by atoms with Crippen LogP contribution in [0.25, 0.3) is 0 Å². The second-order valence-corrected chi connectivity index (χ2v) is 3.19. The zero-order chi connectivity index (χ0) is 11.1.